The molecule has 0 aromatic rings. The monoisotopic (exact) mass is 272 g/mol. The summed E-state index contributed by atoms with van der Waals surface area (Å²) < 4.78 is 8.55. The zero-order valence-electron chi connectivity index (χ0n) is 7.31. The van der Waals surface area contributed by atoms with Gasteiger partial charge in [0.1, 0.15) is 13.2 Å². The van der Waals surface area contributed by atoms with Gasteiger partial charge in [-0.2, -0.15) is 7.82 Å². The Balaban J connectivity index is -0.0000000429. The first-order valence-electron chi connectivity index (χ1n) is 1.97. The summed E-state index contributed by atoms with van der Waals surface area (Å²) in [4.78, 5) is 34.1. The fourth-order valence-corrected chi connectivity index (χ4v) is 0.0833. The minimum atomic E-state index is -5.39. The van der Waals surface area contributed by atoms with Gasteiger partial charge in [-0.25, -0.2) is 9.78 Å². The molecule has 0 spiro atoms. The summed E-state index contributed by atoms with van der Waals surface area (Å²) >= 11 is 0. The number of rotatable bonds is 0. The molecule has 0 N–H and O–H groups in total. The summed E-state index contributed by atoms with van der Waals surface area (Å²) in [5.74, 6) is 0. The first-order valence-corrected chi connectivity index (χ1v) is 3.43. The third kappa shape index (κ3) is 36.3. The van der Waals surface area contributed by atoms with Gasteiger partial charge in [-0.15, -0.1) is 0 Å². The van der Waals surface area contributed by atoms with Crippen LogP contribution in [0.15, 0.2) is 0 Å². The summed E-state index contributed by atoms with van der Waals surface area (Å²) in [5, 5.41) is 0. The van der Waals surface area contributed by atoms with Crippen molar-refractivity contribution in [2.45, 2.75) is 0 Å². The van der Waals surface area contributed by atoms with Crippen LogP contribution in [-0.2, 0) is 14.3 Å². The molecule has 0 radical (unpaired) electrons. The van der Waals surface area contributed by atoms with E-state index in [9.17, 15) is 0 Å². The van der Waals surface area contributed by atoms with Gasteiger partial charge in [0.05, 0.1) is 0 Å². The first-order chi connectivity index (χ1) is 4.00. The van der Waals surface area contributed by atoms with Gasteiger partial charge in [0.2, 0.25) is 0 Å². The minimum absolute atomic E-state index is 0. The molecule has 56 valence electrons. The van der Waals surface area contributed by atoms with E-state index < -0.39 is 7.82 Å². The molecule has 1 fully saturated rings. The zero-order chi connectivity index (χ0) is 7.33. The molecule has 0 aromatic carbocycles. The molecule has 0 amide bonds. The van der Waals surface area contributed by atoms with Crippen molar-refractivity contribution < 1.29 is 183 Å². The smallest absolute Gasteiger partial charge is 0.822 e. The standard InChI is InChI=1S/C2H4O2.3K.H3O4P/c1-2-4-3-1;;;;1-5(2,3)4/h1-2H2;;;;(H3,1,2,3,4)/q;3*+1;/p-3. The van der Waals surface area contributed by atoms with Gasteiger partial charge in [-0.05, 0) is 0 Å². The summed E-state index contributed by atoms with van der Waals surface area (Å²) in [6.45, 7) is 1.56. The van der Waals surface area contributed by atoms with Crippen molar-refractivity contribution >= 4 is 7.82 Å². The van der Waals surface area contributed by atoms with Crippen molar-refractivity contribution in [1.29, 1.82) is 0 Å². The van der Waals surface area contributed by atoms with Gasteiger partial charge >= 0.3 is 154 Å². The first kappa shape index (κ1) is 25.7. The molecule has 12 heavy (non-hydrogen) atoms. The number of phosphoric acid groups is 1. The van der Waals surface area contributed by atoms with E-state index in [1.807, 2.05) is 0 Å². The molecule has 0 aromatic heterocycles. The van der Waals surface area contributed by atoms with Crippen LogP contribution in [0.5, 0.6) is 0 Å². The molecule has 1 heterocycles. The van der Waals surface area contributed by atoms with Crippen molar-refractivity contribution in [3.63, 3.8) is 0 Å². The minimum Gasteiger partial charge on any atom is -0.822 e. The van der Waals surface area contributed by atoms with Crippen molar-refractivity contribution in [3.05, 3.63) is 0 Å². The molecule has 10 heteroatoms. The van der Waals surface area contributed by atoms with E-state index in [1.54, 1.807) is 0 Å². The normalized spacial score (nSPS) is 12.9. The predicted molar refractivity (Wildman–Crippen MR) is 19.5 cm³/mol. The van der Waals surface area contributed by atoms with Crippen LogP contribution < -0.4 is 169 Å². The summed E-state index contributed by atoms with van der Waals surface area (Å²) in [6, 6.07) is 0. The van der Waals surface area contributed by atoms with E-state index in [0.29, 0.717) is 0 Å². The maximum Gasteiger partial charge on any atom is 1.00 e. The van der Waals surface area contributed by atoms with Crippen LogP contribution in [0.25, 0.3) is 0 Å². The maximum absolute atomic E-state index is 8.55. The summed E-state index contributed by atoms with van der Waals surface area (Å²) in [6.07, 6.45) is 0. The van der Waals surface area contributed by atoms with E-state index in [1.165, 1.54) is 0 Å². The Labute approximate surface area is 198 Å². The molecule has 1 aliphatic heterocycles. The molecular weight excluding hydrogens is 268 g/mol. The van der Waals surface area contributed by atoms with E-state index in [0.717, 1.165) is 13.2 Å². The Morgan fingerprint density at radius 2 is 1.00 bits per heavy atom. The second-order valence-corrected chi connectivity index (χ2v) is 1.99. The molecule has 0 unspecified atom stereocenters. The van der Waals surface area contributed by atoms with Gasteiger partial charge in [0.25, 0.3) is 0 Å². The second kappa shape index (κ2) is 15.9. The molecule has 1 rings (SSSR count). The quantitative estimate of drug-likeness (QED) is 0.246. The Kier molecular flexibility index (Phi) is 34.1. The van der Waals surface area contributed by atoms with Crippen molar-refractivity contribution in [2.24, 2.45) is 0 Å². The third-order valence-electron chi connectivity index (χ3n) is 0.333. The molecular formula is C2H4K3O6P. The molecule has 1 aliphatic rings. The van der Waals surface area contributed by atoms with E-state index in [2.05, 4.69) is 9.78 Å². The predicted octanol–water partition coefficient (Wildman–Crippen LogP) is -11.9. The molecule has 0 atom stereocenters. The average molecular weight is 272 g/mol. The van der Waals surface area contributed by atoms with Crippen LogP contribution in [0.4, 0.5) is 0 Å². The van der Waals surface area contributed by atoms with Crippen LogP contribution >= 0.6 is 7.82 Å². The van der Waals surface area contributed by atoms with E-state index >= 15 is 0 Å². The molecule has 0 aliphatic carbocycles. The fraction of sp³-hybridized carbons (Fsp3) is 1.00. The Bertz CT molecular complexity index is 99.1. The van der Waals surface area contributed by atoms with Crippen molar-refractivity contribution in [1.82, 2.24) is 0 Å². The van der Waals surface area contributed by atoms with Gasteiger partial charge in [-0.3, -0.25) is 0 Å². The van der Waals surface area contributed by atoms with Gasteiger partial charge in [0.15, 0.2) is 0 Å². The van der Waals surface area contributed by atoms with Crippen molar-refractivity contribution in [3.8, 4) is 0 Å². The molecule has 1 saturated heterocycles. The largest absolute Gasteiger partial charge is 1.00 e. The number of hydrogen-bond donors (Lipinski definition) is 0. The van der Waals surface area contributed by atoms with Gasteiger partial charge in [0, 0.05) is 0 Å². The third-order valence-corrected chi connectivity index (χ3v) is 0.333. The van der Waals surface area contributed by atoms with Crippen LogP contribution in [0.3, 0.4) is 0 Å². The molecule has 6 nitrogen and oxygen atoms in total. The topological polar surface area (TPSA) is 105 Å². The Morgan fingerprint density at radius 3 is 1.00 bits per heavy atom. The van der Waals surface area contributed by atoms with E-state index in [-0.39, 0.29) is 154 Å². The van der Waals surface area contributed by atoms with Crippen LogP contribution in [0.1, 0.15) is 0 Å². The van der Waals surface area contributed by atoms with E-state index in [4.69, 9.17) is 19.2 Å². The number of hydrogen-bond acceptors (Lipinski definition) is 6. The van der Waals surface area contributed by atoms with Crippen molar-refractivity contribution in [2.75, 3.05) is 13.2 Å². The summed E-state index contributed by atoms with van der Waals surface area (Å²) in [5.41, 5.74) is 0. The molecule has 0 bridgehead atoms. The Hall–Kier alpha value is 4.94. The van der Waals surface area contributed by atoms with Crippen LogP contribution in [0, 0.1) is 0 Å². The van der Waals surface area contributed by atoms with Crippen LogP contribution in [0.2, 0.25) is 0 Å². The maximum atomic E-state index is 8.55. The SMILES string of the molecule is C1COO1.O=P([O-])([O-])[O-].[K+].[K+].[K+]. The van der Waals surface area contributed by atoms with Gasteiger partial charge in [-0.1, -0.05) is 0 Å². The Morgan fingerprint density at radius 1 is 0.917 bits per heavy atom. The zero-order valence-corrected chi connectivity index (χ0v) is 17.6. The fourth-order valence-electron chi connectivity index (χ4n) is 0.0833. The average Bonchev–Trinajstić information content (AvgIpc) is 1.12. The van der Waals surface area contributed by atoms with Crippen LogP contribution in [-0.4, -0.2) is 13.2 Å². The second-order valence-electron chi connectivity index (χ2n) is 1.09. The van der Waals surface area contributed by atoms with Gasteiger partial charge < -0.3 is 19.2 Å². The summed E-state index contributed by atoms with van der Waals surface area (Å²) in [7, 11) is -5.39. The molecule has 0 saturated carbocycles.